The molecule has 0 aromatic carbocycles. The lowest BCUT2D eigenvalue weighted by Gasteiger charge is -2.42. The van der Waals surface area contributed by atoms with E-state index in [4.69, 9.17) is 4.74 Å². The largest absolute Gasteiger partial charge is 0.444 e. The third kappa shape index (κ3) is 6.71. The van der Waals surface area contributed by atoms with Crippen LogP contribution in [0, 0.1) is 11.8 Å². The number of halogens is 2. The Kier molecular flexibility index (Phi) is 11.5. The molecule has 0 saturated carbocycles. The van der Waals surface area contributed by atoms with Gasteiger partial charge in [0, 0.05) is 31.5 Å². The first kappa shape index (κ1) is 33.7. The number of imide groups is 2. The Hall–Kier alpha value is -2.31. The zero-order valence-corrected chi connectivity index (χ0v) is 22.2. The second-order valence-electron chi connectivity index (χ2n) is 10.2. The zero-order valence-electron chi connectivity index (χ0n) is 20.6. The summed E-state index contributed by atoms with van der Waals surface area (Å²) in [5.41, 5.74) is -2.09. The minimum atomic E-state index is -0.893. The average Bonchev–Trinajstić information content (AvgIpc) is 3.14. The summed E-state index contributed by atoms with van der Waals surface area (Å²) in [5, 5.41) is 13.2. The van der Waals surface area contributed by atoms with Gasteiger partial charge in [-0.25, -0.2) is 14.4 Å². The van der Waals surface area contributed by atoms with Crippen LogP contribution in [-0.4, -0.2) is 77.7 Å². The molecule has 5 N–H and O–H groups in total. The molecular formula is C22H40Cl2N6O6. The first-order chi connectivity index (χ1) is 15.3. The number of nitrogens with zero attached hydrogens (tertiary/aromatic N) is 1. The van der Waals surface area contributed by atoms with E-state index in [1.807, 2.05) is 34.6 Å². The first-order valence-electron chi connectivity index (χ1n) is 11.2. The maximum Gasteiger partial charge on any atom is 0.410 e. The summed E-state index contributed by atoms with van der Waals surface area (Å²) in [5.74, 6) is -0.506. The fourth-order valence-corrected chi connectivity index (χ4v) is 4.71. The van der Waals surface area contributed by atoms with Gasteiger partial charge < -0.3 is 25.6 Å². The van der Waals surface area contributed by atoms with Crippen LogP contribution in [0.5, 0.6) is 0 Å². The molecule has 0 aliphatic carbocycles. The van der Waals surface area contributed by atoms with Crippen molar-refractivity contribution in [2.45, 2.75) is 71.6 Å². The van der Waals surface area contributed by atoms with E-state index in [9.17, 15) is 24.0 Å². The molecule has 4 aliphatic rings. The van der Waals surface area contributed by atoms with Crippen molar-refractivity contribution < 1.29 is 28.7 Å². The van der Waals surface area contributed by atoms with E-state index in [1.54, 1.807) is 4.90 Å². The number of carbonyl (C=O) groups is 5. The van der Waals surface area contributed by atoms with E-state index in [-0.39, 0.29) is 68.0 Å². The molecule has 0 radical (unpaired) electrons. The van der Waals surface area contributed by atoms with E-state index in [1.165, 1.54) is 0 Å². The predicted octanol–water partition coefficient (Wildman–Crippen LogP) is 1.52. The molecule has 4 unspecified atom stereocenters. The first-order valence-corrected chi connectivity index (χ1v) is 11.2. The average molecular weight is 556 g/mol. The highest BCUT2D eigenvalue weighted by atomic mass is 35.5. The summed E-state index contributed by atoms with van der Waals surface area (Å²) < 4.78 is 5.32. The van der Waals surface area contributed by atoms with Crippen LogP contribution in [-0.2, 0) is 14.3 Å². The van der Waals surface area contributed by atoms with Gasteiger partial charge >= 0.3 is 18.2 Å². The Morgan fingerprint density at radius 3 is 1.81 bits per heavy atom. The molecule has 4 rings (SSSR count). The smallest absolute Gasteiger partial charge is 0.410 e. The number of nitrogens with one attached hydrogen (secondary N) is 5. The number of amides is 7. The normalized spacial score (nSPS) is 30.9. The molecule has 0 aromatic rings. The molecule has 36 heavy (non-hydrogen) atoms. The molecule has 2 spiro atoms. The van der Waals surface area contributed by atoms with Gasteiger partial charge in [-0.1, -0.05) is 21.3 Å². The summed E-state index contributed by atoms with van der Waals surface area (Å²) in [4.78, 5) is 59.4. The van der Waals surface area contributed by atoms with Crippen molar-refractivity contribution in [2.24, 2.45) is 11.8 Å². The topological polar surface area (TPSA) is 158 Å². The minimum absolute atomic E-state index is 0. The Morgan fingerprint density at radius 1 is 0.917 bits per heavy atom. The van der Waals surface area contributed by atoms with Crippen LogP contribution in [0.15, 0.2) is 0 Å². The number of urea groups is 2. The third-order valence-corrected chi connectivity index (χ3v) is 6.69. The van der Waals surface area contributed by atoms with Gasteiger partial charge in [-0.05, 0) is 40.2 Å². The van der Waals surface area contributed by atoms with Crippen molar-refractivity contribution in [1.29, 1.82) is 0 Å². The van der Waals surface area contributed by atoms with Crippen LogP contribution < -0.4 is 26.6 Å². The van der Waals surface area contributed by atoms with Crippen molar-refractivity contribution in [3.8, 4) is 0 Å². The summed E-state index contributed by atoms with van der Waals surface area (Å²) >= 11 is 0. The number of hydrogen-bond acceptors (Lipinski definition) is 7. The maximum absolute atomic E-state index is 12.0. The number of piperidine rings is 2. The number of carbonyl (C=O) groups excluding carboxylic acids is 5. The Morgan fingerprint density at radius 2 is 1.42 bits per heavy atom. The second kappa shape index (κ2) is 12.3. The zero-order chi connectivity index (χ0) is 24.6. The van der Waals surface area contributed by atoms with Crippen LogP contribution in [0.2, 0.25) is 0 Å². The van der Waals surface area contributed by atoms with Crippen molar-refractivity contribution in [3.63, 3.8) is 0 Å². The summed E-state index contributed by atoms with van der Waals surface area (Å²) in [7, 11) is 0. The fraction of sp³-hybridized carbons (Fsp3) is 0.773. The van der Waals surface area contributed by atoms with Crippen molar-refractivity contribution in [1.82, 2.24) is 31.5 Å². The van der Waals surface area contributed by atoms with Gasteiger partial charge in [0.05, 0.1) is 0 Å². The molecule has 4 aliphatic heterocycles. The molecule has 0 aromatic heterocycles. The standard InChI is InChI=1S/C13H21N3O4.C8H13N3O2.CH4.2ClH/c1-8-7-16(11(19)20-12(2,3)4)6-5-13(8)9(17)14-10(18)15-13;1-5-4-9-3-2-8(5)6(12)10-7(13)11-8;;;/h8H,5-7H2,1-4H3,(H2,14,15,17,18);5,9H,2-4H2,1H3,(H2,10,11,12,13);1H4;2*1H. The molecule has 208 valence electrons. The highest BCUT2D eigenvalue weighted by molar-refractivity contribution is 6.08. The summed E-state index contributed by atoms with van der Waals surface area (Å²) in [6.45, 7) is 11.6. The van der Waals surface area contributed by atoms with Crippen molar-refractivity contribution >= 4 is 54.8 Å². The molecule has 4 fully saturated rings. The highest BCUT2D eigenvalue weighted by Gasteiger charge is 2.53. The van der Waals surface area contributed by atoms with Gasteiger partial charge in [0.2, 0.25) is 0 Å². The van der Waals surface area contributed by atoms with Crippen LogP contribution in [0.3, 0.4) is 0 Å². The van der Waals surface area contributed by atoms with Crippen LogP contribution >= 0.6 is 24.8 Å². The summed E-state index contributed by atoms with van der Waals surface area (Å²) in [6, 6.07) is -0.827. The highest BCUT2D eigenvalue weighted by Crippen LogP contribution is 2.31. The molecule has 14 heteroatoms. The van der Waals surface area contributed by atoms with E-state index in [2.05, 4.69) is 26.6 Å². The van der Waals surface area contributed by atoms with E-state index in [0.717, 1.165) is 13.1 Å². The number of likely N-dealkylation sites (tertiary alicyclic amines) is 1. The molecular weight excluding hydrogens is 515 g/mol. The molecule has 7 amide bonds. The lowest BCUT2D eigenvalue weighted by atomic mass is 9.79. The minimum Gasteiger partial charge on any atom is -0.444 e. The lowest BCUT2D eigenvalue weighted by Crippen LogP contribution is -2.61. The van der Waals surface area contributed by atoms with Gasteiger partial charge in [0.1, 0.15) is 16.7 Å². The van der Waals surface area contributed by atoms with Gasteiger partial charge in [0.15, 0.2) is 0 Å². The van der Waals surface area contributed by atoms with Gasteiger partial charge in [-0.15, -0.1) is 24.8 Å². The molecule has 4 saturated heterocycles. The van der Waals surface area contributed by atoms with Crippen molar-refractivity contribution in [2.75, 3.05) is 26.2 Å². The van der Waals surface area contributed by atoms with Crippen LogP contribution in [0.4, 0.5) is 14.4 Å². The number of hydrogen-bond donors (Lipinski definition) is 5. The summed E-state index contributed by atoms with van der Waals surface area (Å²) in [6.07, 6.45) is 0.681. The lowest BCUT2D eigenvalue weighted by molar-refractivity contribution is -0.128. The maximum atomic E-state index is 12.0. The molecule has 4 atom stereocenters. The van der Waals surface area contributed by atoms with Gasteiger partial charge in [-0.2, -0.15) is 0 Å². The molecule has 12 nitrogen and oxygen atoms in total. The van der Waals surface area contributed by atoms with Crippen LogP contribution in [0.25, 0.3) is 0 Å². The quantitative estimate of drug-likeness (QED) is 0.284. The van der Waals surface area contributed by atoms with Crippen molar-refractivity contribution in [3.05, 3.63) is 0 Å². The monoisotopic (exact) mass is 554 g/mol. The predicted molar refractivity (Wildman–Crippen MR) is 138 cm³/mol. The Labute approximate surface area is 224 Å². The second-order valence-corrected chi connectivity index (χ2v) is 10.2. The van der Waals surface area contributed by atoms with E-state index >= 15 is 0 Å². The molecule has 4 heterocycles. The third-order valence-electron chi connectivity index (χ3n) is 6.69. The number of ether oxygens (including phenoxy) is 1. The van der Waals surface area contributed by atoms with Gasteiger partial charge in [-0.3, -0.25) is 20.2 Å². The van der Waals surface area contributed by atoms with E-state index < -0.39 is 22.7 Å². The Balaban J connectivity index is 0.000000672. The molecule has 0 bridgehead atoms. The number of rotatable bonds is 0. The van der Waals surface area contributed by atoms with Crippen LogP contribution in [0.1, 0.15) is 54.9 Å². The SMILES string of the molecule is C.CC1CN(C(=O)OC(C)(C)C)CCC12NC(=O)NC2=O.CC1CNCCC12NC(=O)NC2=O.Cl.Cl. The Bertz CT molecular complexity index is 868. The van der Waals surface area contributed by atoms with E-state index in [0.29, 0.717) is 25.9 Å². The van der Waals surface area contributed by atoms with Gasteiger partial charge in [0.25, 0.3) is 11.8 Å². The fourth-order valence-electron chi connectivity index (χ4n) is 4.71.